The van der Waals surface area contributed by atoms with Crippen molar-refractivity contribution >= 4 is 29.8 Å². The van der Waals surface area contributed by atoms with Gasteiger partial charge in [0.25, 0.3) is 0 Å². The second-order valence-corrected chi connectivity index (χ2v) is 11.6. The maximum Gasteiger partial charge on any atom is 0.340 e. The van der Waals surface area contributed by atoms with Crippen LogP contribution in [0.5, 0.6) is 0 Å². The quantitative estimate of drug-likeness (QED) is 0.347. The van der Waals surface area contributed by atoms with Gasteiger partial charge in [0.2, 0.25) is 0 Å². The average molecular weight is 576 g/mol. The molecular formula is C29H37NO11. The van der Waals surface area contributed by atoms with Crippen LogP contribution in [0.15, 0.2) is 24.5 Å². The van der Waals surface area contributed by atoms with Crippen molar-refractivity contribution < 1.29 is 52.4 Å². The highest BCUT2D eigenvalue weighted by molar-refractivity contribution is 5.89. The van der Waals surface area contributed by atoms with Crippen LogP contribution in [0, 0.1) is 17.3 Å². The topological polar surface area (TPSA) is 154 Å². The molecule has 1 aromatic heterocycles. The minimum absolute atomic E-state index is 0.0945. The lowest BCUT2D eigenvalue weighted by atomic mass is 9.47. The summed E-state index contributed by atoms with van der Waals surface area (Å²) in [4.78, 5) is 67.2. The number of carbonyl (C=O) groups excluding carboxylic acids is 5. The third-order valence-electron chi connectivity index (χ3n) is 8.61. The van der Waals surface area contributed by atoms with Gasteiger partial charge in [-0.15, -0.1) is 0 Å². The van der Waals surface area contributed by atoms with E-state index < -0.39 is 89.3 Å². The van der Waals surface area contributed by atoms with E-state index in [1.165, 1.54) is 46.2 Å². The smallest absolute Gasteiger partial charge is 0.340 e. The molecule has 1 spiro atoms. The average Bonchev–Trinajstić information content (AvgIpc) is 3.03. The van der Waals surface area contributed by atoms with Crippen molar-refractivity contribution in [2.75, 3.05) is 6.61 Å². The zero-order valence-electron chi connectivity index (χ0n) is 24.3. The normalized spacial score (nSPS) is 34.9. The minimum Gasteiger partial charge on any atom is -0.465 e. The number of nitrogens with zero attached hydrogens (tertiary/aromatic N) is 1. The van der Waals surface area contributed by atoms with Crippen LogP contribution >= 0.6 is 0 Å². The van der Waals surface area contributed by atoms with Crippen LogP contribution < -0.4 is 0 Å². The molecular weight excluding hydrogens is 538 g/mol. The highest BCUT2D eigenvalue weighted by Gasteiger charge is 2.82. The van der Waals surface area contributed by atoms with Crippen LogP contribution in [0.4, 0.5) is 0 Å². The Balaban J connectivity index is 2.01. The van der Waals surface area contributed by atoms with Gasteiger partial charge in [-0.05, 0) is 44.7 Å². The van der Waals surface area contributed by atoms with Crippen molar-refractivity contribution in [3.63, 3.8) is 0 Å². The Labute approximate surface area is 238 Å². The molecule has 1 saturated heterocycles. The van der Waals surface area contributed by atoms with Gasteiger partial charge in [0.05, 0.1) is 11.2 Å². The van der Waals surface area contributed by atoms with Crippen molar-refractivity contribution in [3.05, 3.63) is 30.1 Å². The van der Waals surface area contributed by atoms with Crippen LogP contribution in [0.1, 0.15) is 71.7 Å². The Hall–Kier alpha value is -3.54. The molecule has 12 nitrogen and oxygen atoms in total. The SMILES string of the molecule is CC(=O)OC[C@]12[C@@H](OC(=O)c3cccnc3)C[C@@H]3[C@@H](OC(C)=O)[C@]1(OC3(C)C)[C@H](C)C[C@H](OC(C)=O)[C@@H]2OC(C)=O. The van der Waals surface area contributed by atoms with Gasteiger partial charge in [0.1, 0.15) is 35.9 Å². The first kappa shape index (κ1) is 30.4. The Bertz CT molecular complexity index is 1220. The van der Waals surface area contributed by atoms with E-state index >= 15 is 0 Å². The van der Waals surface area contributed by atoms with Crippen LogP contribution in [0.3, 0.4) is 0 Å². The van der Waals surface area contributed by atoms with Gasteiger partial charge in [-0.2, -0.15) is 0 Å². The molecule has 0 unspecified atom stereocenters. The second-order valence-electron chi connectivity index (χ2n) is 11.6. The van der Waals surface area contributed by atoms with Gasteiger partial charge in [-0.1, -0.05) is 6.92 Å². The third-order valence-corrected chi connectivity index (χ3v) is 8.61. The molecule has 41 heavy (non-hydrogen) atoms. The first-order valence-electron chi connectivity index (χ1n) is 13.6. The number of carbonyl (C=O) groups is 5. The number of aromatic nitrogens is 1. The van der Waals surface area contributed by atoms with Crippen molar-refractivity contribution in [2.45, 2.75) is 96.9 Å². The molecule has 2 bridgehead atoms. The summed E-state index contributed by atoms with van der Waals surface area (Å²) in [6, 6.07) is 3.12. The maximum absolute atomic E-state index is 13.5. The molecule has 3 fully saturated rings. The fourth-order valence-electron chi connectivity index (χ4n) is 7.29. The summed E-state index contributed by atoms with van der Waals surface area (Å²) in [7, 11) is 0. The van der Waals surface area contributed by atoms with Crippen molar-refractivity contribution in [3.8, 4) is 0 Å². The molecule has 0 amide bonds. The molecule has 1 aliphatic heterocycles. The maximum atomic E-state index is 13.5. The Morgan fingerprint density at radius 3 is 2.10 bits per heavy atom. The summed E-state index contributed by atoms with van der Waals surface area (Å²) in [6.07, 6.45) is -1.21. The van der Waals surface area contributed by atoms with E-state index in [0.717, 1.165) is 0 Å². The fourth-order valence-corrected chi connectivity index (χ4v) is 7.29. The van der Waals surface area contributed by atoms with Gasteiger partial charge in [-0.25, -0.2) is 4.79 Å². The van der Waals surface area contributed by atoms with E-state index in [2.05, 4.69) is 4.98 Å². The lowest BCUT2D eigenvalue weighted by molar-refractivity contribution is -0.319. The van der Waals surface area contributed by atoms with Gasteiger partial charge < -0.3 is 28.4 Å². The van der Waals surface area contributed by atoms with Gasteiger partial charge >= 0.3 is 29.8 Å². The Kier molecular flexibility index (Phi) is 8.19. The van der Waals surface area contributed by atoms with Gasteiger partial charge in [-0.3, -0.25) is 24.2 Å². The number of pyridine rings is 1. The molecule has 8 atom stereocenters. The second kappa shape index (κ2) is 11.0. The highest BCUT2D eigenvalue weighted by Crippen LogP contribution is 2.68. The Morgan fingerprint density at radius 2 is 1.54 bits per heavy atom. The summed E-state index contributed by atoms with van der Waals surface area (Å²) in [6.45, 7) is 9.99. The molecule has 12 heteroatoms. The van der Waals surface area contributed by atoms with Crippen molar-refractivity contribution in [2.24, 2.45) is 17.3 Å². The van der Waals surface area contributed by atoms with Crippen LogP contribution in [-0.2, 0) is 47.6 Å². The van der Waals surface area contributed by atoms with Gasteiger partial charge in [0.15, 0.2) is 6.10 Å². The molecule has 0 N–H and O–H groups in total. The number of fused-ring (bicyclic) bond motifs is 1. The predicted molar refractivity (Wildman–Crippen MR) is 139 cm³/mol. The zero-order chi connectivity index (χ0) is 30.3. The first-order chi connectivity index (χ1) is 19.2. The summed E-state index contributed by atoms with van der Waals surface area (Å²) < 4.78 is 36.3. The largest absolute Gasteiger partial charge is 0.465 e. The number of ether oxygens (including phenoxy) is 6. The monoisotopic (exact) mass is 575 g/mol. The number of rotatable bonds is 7. The molecule has 224 valence electrons. The van der Waals surface area contributed by atoms with Crippen molar-refractivity contribution in [1.29, 1.82) is 0 Å². The first-order valence-corrected chi connectivity index (χ1v) is 13.6. The fraction of sp³-hybridized carbons (Fsp3) is 0.655. The Morgan fingerprint density at radius 1 is 0.902 bits per heavy atom. The van der Waals surface area contributed by atoms with E-state index in [1.807, 2.05) is 20.8 Å². The van der Waals surface area contributed by atoms with Gasteiger partial charge in [0, 0.05) is 46.0 Å². The van der Waals surface area contributed by atoms with E-state index in [9.17, 15) is 24.0 Å². The summed E-state index contributed by atoms with van der Waals surface area (Å²) in [5, 5.41) is 0. The van der Waals surface area contributed by atoms with E-state index in [1.54, 1.807) is 6.07 Å². The lowest BCUT2D eigenvalue weighted by Crippen LogP contribution is -2.78. The molecule has 2 aliphatic carbocycles. The van der Waals surface area contributed by atoms with E-state index in [4.69, 9.17) is 28.4 Å². The van der Waals surface area contributed by atoms with Crippen molar-refractivity contribution in [1.82, 2.24) is 4.98 Å². The molecule has 3 aliphatic rings. The summed E-state index contributed by atoms with van der Waals surface area (Å²) in [5.41, 5.74) is -3.90. The summed E-state index contributed by atoms with van der Waals surface area (Å²) in [5.74, 6) is -4.26. The number of esters is 5. The molecule has 0 radical (unpaired) electrons. The minimum atomic E-state index is -1.66. The molecule has 4 rings (SSSR count). The summed E-state index contributed by atoms with van der Waals surface area (Å²) >= 11 is 0. The molecule has 1 aromatic rings. The molecule has 2 saturated carbocycles. The lowest BCUT2D eigenvalue weighted by Gasteiger charge is -2.63. The standard InChI is InChI=1S/C29H37NO11/c1-15-11-22(37-17(3)32)25(39-19(5)34)28(14-36-16(2)31)23(40-26(35)20-9-8-10-30-13-20)12-21-24(38-18(4)33)29(15,28)41-27(21,6)7/h8-10,13,15,21-25H,11-12,14H2,1-7H3/t15-,21-,22+,23+,24-,25+,28-,29-/m1/s1. The van der Waals surface area contributed by atoms with E-state index in [0.29, 0.717) is 0 Å². The van der Waals surface area contributed by atoms with Crippen LogP contribution in [-0.4, -0.2) is 77.1 Å². The molecule has 2 heterocycles. The number of hydrogen-bond donors (Lipinski definition) is 0. The zero-order valence-corrected chi connectivity index (χ0v) is 24.3. The highest BCUT2D eigenvalue weighted by atomic mass is 16.6. The third kappa shape index (κ3) is 5.18. The van der Waals surface area contributed by atoms with Crippen LogP contribution in [0.25, 0.3) is 0 Å². The van der Waals surface area contributed by atoms with E-state index in [-0.39, 0.29) is 18.4 Å². The van der Waals surface area contributed by atoms with Crippen LogP contribution in [0.2, 0.25) is 0 Å². The molecule has 0 aromatic carbocycles. The number of hydrogen-bond acceptors (Lipinski definition) is 12. The predicted octanol–water partition coefficient (Wildman–Crippen LogP) is 2.56.